The largest absolute Gasteiger partial charge is 1.00 e. The van der Waals surface area contributed by atoms with Crippen molar-refractivity contribution in [2.75, 3.05) is 13.6 Å². The molecule has 0 atom stereocenters. The first kappa shape index (κ1) is 7.57. The Balaban J connectivity index is 0.000000490. The van der Waals surface area contributed by atoms with Gasteiger partial charge in [0.2, 0.25) is 0 Å². The monoisotopic (exact) mass is 130 g/mol. The maximum Gasteiger partial charge on any atom is 0.0353 e. The van der Waals surface area contributed by atoms with Crippen LogP contribution in [0.5, 0.6) is 0 Å². The summed E-state index contributed by atoms with van der Waals surface area (Å²) < 4.78 is 0. The summed E-state index contributed by atoms with van der Waals surface area (Å²) in [6.07, 6.45) is 8.27. The van der Waals surface area contributed by atoms with Crippen molar-refractivity contribution in [3.8, 4) is 0 Å². The summed E-state index contributed by atoms with van der Waals surface area (Å²) in [5.74, 6) is 0. The van der Waals surface area contributed by atoms with E-state index in [1.54, 1.807) is 0 Å². The average molecular weight is 131 g/mol. The molecule has 0 saturated carbocycles. The van der Waals surface area contributed by atoms with Crippen LogP contribution in [0, 0.1) is 0 Å². The lowest BCUT2D eigenvalue weighted by Crippen LogP contribution is -3.00. The van der Waals surface area contributed by atoms with Gasteiger partial charge in [-0.3, -0.25) is 0 Å². The highest BCUT2D eigenvalue weighted by Gasteiger charge is 1.86. The number of rotatable bonds is 0. The van der Waals surface area contributed by atoms with Crippen LogP contribution in [0.1, 0.15) is 0 Å². The van der Waals surface area contributed by atoms with Gasteiger partial charge in [-0.1, -0.05) is 12.2 Å². The Hall–Kier alpha value is -0.430. The summed E-state index contributed by atoms with van der Waals surface area (Å²) >= 11 is 0. The molecule has 8 heavy (non-hydrogen) atoms. The molecule has 1 aliphatic heterocycles. The van der Waals surface area contributed by atoms with E-state index in [0.717, 1.165) is 6.54 Å². The molecule has 2 heteroatoms. The molecule has 0 spiro atoms. The standard InChI is InChI=1S/C6H9N.ClH/c1-7-5-3-2-4-6-7;/h2-5H,6H2,1H3;1H/p-1. The molecule has 0 amide bonds. The van der Waals surface area contributed by atoms with Crippen LogP contribution in [0.15, 0.2) is 24.4 Å². The zero-order chi connectivity index (χ0) is 5.11. The molecule has 46 valence electrons. The van der Waals surface area contributed by atoms with Gasteiger partial charge in [-0.15, -0.1) is 0 Å². The first-order chi connectivity index (χ1) is 3.39. The zero-order valence-electron chi connectivity index (χ0n) is 4.84. The van der Waals surface area contributed by atoms with Crippen LogP contribution in [0.25, 0.3) is 0 Å². The van der Waals surface area contributed by atoms with E-state index in [1.807, 2.05) is 6.08 Å². The smallest absolute Gasteiger partial charge is 0.0353 e. The predicted octanol–water partition coefficient (Wildman–Crippen LogP) is -1.99. The lowest BCUT2D eigenvalue weighted by Gasteiger charge is -2.11. The maximum atomic E-state index is 2.12. The number of halogens is 1. The SMILES string of the molecule is CN1C=CC=CC1.[Cl-]. The third-order valence-electron chi connectivity index (χ3n) is 0.981. The summed E-state index contributed by atoms with van der Waals surface area (Å²) in [5.41, 5.74) is 0. The summed E-state index contributed by atoms with van der Waals surface area (Å²) in [4.78, 5) is 2.12. The molecule has 0 N–H and O–H groups in total. The first-order valence-corrected chi connectivity index (χ1v) is 2.43. The molecule has 0 radical (unpaired) electrons. The minimum atomic E-state index is 0. The Morgan fingerprint density at radius 2 is 2.12 bits per heavy atom. The number of allylic oxidation sites excluding steroid dienone is 2. The molecule has 0 aromatic heterocycles. The van der Waals surface area contributed by atoms with Gasteiger partial charge in [0.1, 0.15) is 0 Å². The van der Waals surface area contributed by atoms with Crippen molar-refractivity contribution in [1.29, 1.82) is 0 Å². The Labute approximate surface area is 56.1 Å². The van der Waals surface area contributed by atoms with Crippen LogP contribution in [0.3, 0.4) is 0 Å². The number of likely N-dealkylation sites (N-methyl/N-ethyl adjacent to an activating group) is 1. The second kappa shape index (κ2) is 3.56. The maximum absolute atomic E-state index is 2.12. The van der Waals surface area contributed by atoms with Gasteiger partial charge in [0.05, 0.1) is 0 Å². The van der Waals surface area contributed by atoms with Gasteiger partial charge in [-0.25, -0.2) is 0 Å². The summed E-state index contributed by atoms with van der Waals surface area (Å²) in [6, 6.07) is 0. The minimum absolute atomic E-state index is 0. The van der Waals surface area contributed by atoms with Gasteiger partial charge in [-0.2, -0.15) is 0 Å². The molecule has 0 bridgehead atoms. The van der Waals surface area contributed by atoms with E-state index in [2.05, 4.69) is 30.3 Å². The average Bonchev–Trinajstić information content (AvgIpc) is 1.69. The Bertz CT molecular complexity index is 107. The van der Waals surface area contributed by atoms with E-state index >= 15 is 0 Å². The van der Waals surface area contributed by atoms with Gasteiger partial charge < -0.3 is 17.3 Å². The molecule has 1 heterocycles. The number of hydrogen-bond acceptors (Lipinski definition) is 1. The normalized spacial score (nSPS) is 15.9. The molecule has 0 fully saturated rings. The Morgan fingerprint density at radius 1 is 1.38 bits per heavy atom. The van der Waals surface area contributed by atoms with Crippen molar-refractivity contribution in [1.82, 2.24) is 4.90 Å². The first-order valence-electron chi connectivity index (χ1n) is 2.43. The number of nitrogens with zero attached hydrogens (tertiary/aromatic N) is 1. The fourth-order valence-corrected chi connectivity index (χ4v) is 0.563. The van der Waals surface area contributed by atoms with Crippen molar-refractivity contribution >= 4 is 0 Å². The van der Waals surface area contributed by atoms with Gasteiger partial charge in [-0.05, 0) is 12.3 Å². The van der Waals surface area contributed by atoms with Crippen LogP contribution < -0.4 is 12.4 Å². The van der Waals surface area contributed by atoms with Crippen LogP contribution in [0.2, 0.25) is 0 Å². The third-order valence-corrected chi connectivity index (χ3v) is 0.981. The van der Waals surface area contributed by atoms with Crippen LogP contribution in [0.4, 0.5) is 0 Å². The molecule has 0 saturated heterocycles. The quantitative estimate of drug-likeness (QED) is 0.367. The Kier molecular flexibility index (Phi) is 3.37. The van der Waals surface area contributed by atoms with Gasteiger partial charge in [0.25, 0.3) is 0 Å². The molecule has 1 rings (SSSR count). The van der Waals surface area contributed by atoms with E-state index in [9.17, 15) is 0 Å². The zero-order valence-corrected chi connectivity index (χ0v) is 5.60. The second-order valence-electron chi connectivity index (χ2n) is 1.71. The molecule has 0 aromatic carbocycles. The molecule has 1 aliphatic rings. The van der Waals surface area contributed by atoms with E-state index < -0.39 is 0 Å². The van der Waals surface area contributed by atoms with Crippen LogP contribution >= 0.6 is 0 Å². The molecular weight excluding hydrogens is 122 g/mol. The van der Waals surface area contributed by atoms with Gasteiger partial charge in [0, 0.05) is 13.6 Å². The molecule has 1 nitrogen and oxygen atoms in total. The van der Waals surface area contributed by atoms with Crippen molar-refractivity contribution in [2.45, 2.75) is 0 Å². The molecule has 0 unspecified atom stereocenters. The van der Waals surface area contributed by atoms with Gasteiger partial charge >= 0.3 is 0 Å². The summed E-state index contributed by atoms with van der Waals surface area (Å²) in [6.45, 7) is 1.05. The van der Waals surface area contributed by atoms with Crippen molar-refractivity contribution < 1.29 is 12.4 Å². The fourth-order valence-electron chi connectivity index (χ4n) is 0.563. The van der Waals surface area contributed by atoms with Crippen molar-refractivity contribution in [3.05, 3.63) is 24.4 Å². The summed E-state index contributed by atoms with van der Waals surface area (Å²) in [5, 5.41) is 0. The van der Waals surface area contributed by atoms with E-state index in [1.165, 1.54) is 0 Å². The van der Waals surface area contributed by atoms with Crippen LogP contribution in [-0.2, 0) is 0 Å². The lowest BCUT2D eigenvalue weighted by molar-refractivity contribution is -0.00000146. The number of hydrogen-bond donors (Lipinski definition) is 0. The van der Waals surface area contributed by atoms with Crippen LogP contribution in [-0.4, -0.2) is 18.5 Å². The minimum Gasteiger partial charge on any atom is -1.00 e. The second-order valence-corrected chi connectivity index (χ2v) is 1.71. The van der Waals surface area contributed by atoms with Crippen molar-refractivity contribution in [2.24, 2.45) is 0 Å². The molecular formula is C6H9ClN-. The lowest BCUT2D eigenvalue weighted by atomic mass is 10.4. The fraction of sp³-hybridized carbons (Fsp3) is 0.333. The summed E-state index contributed by atoms with van der Waals surface area (Å²) in [7, 11) is 2.06. The van der Waals surface area contributed by atoms with E-state index in [0.29, 0.717) is 0 Å². The van der Waals surface area contributed by atoms with Gasteiger partial charge in [0.15, 0.2) is 0 Å². The third kappa shape index (κ3) is 2.03. The highest BCUT2D eigenvalue weighted by molar-refractivity contribution is 5.07. The molecule has 0 aliphatic carbocycles. The Morgan fingerprint density at radius 3 is 2.38 bits per heavy atom. The van der Waals surface area contributed by atoms with E-state index in [-0.39, 0.29) is 12.4 Å². The highest BCUT2D eigenvalue weighted by atomic mass is 35.5. The predicted molar refractivity (Wildman–Crippen MR) is 30.9 cm³/mol. The highest BCUT2D eigenvalue weighted by Crippen LogP contribution is 1.91. The molecule has 0 aromatic rings. The van der Waals surface area contributed by atoms with Crippen molar-refractivity contribution in [3.63, 3.8) is 0 Å². The van der Waals surface area contributed by atoms with E-state index in [4.69, 9.17) is 0 Å². The topological polar surface area (TPSA) is 3.24 Å².